The van der Waals surface area contributed by atoms with Crippen molar-refractivity contribution in [2.24, 2.45) is 5.92 Å². The minimum atomic E-state index is -0.681. The molecule has 0 aliphatic carbocycles. The van der Waals surface area contributed by atoms with Crippen molar-refractivity contribution in [3.05, 3.63) is 53.8 Å². The lowest BCUT2D eigenvalue weighted by atomic mass is 10.1. The molecule has 0 radical (unpaired) electrons. The SMILES string of the molecule is CCCCCCCCCCOc1ccc(C(=O)Oc2ccc(OC(=O)C[C@@H](C)CC)cc2)cc1F. The predicted molar refractivity (Wildman–Crippen MR) is 136 cm³/mol. The van der Waals surface area contributed by atoms with Crippen LogP contribution in [0.1, 0.15) is 95.3 Å². The van der Waals surface area contributed by atoms with Crippen LogP contribution < -0.4 is 14.2 Å². The quantitative estimate of drug-likeness (QED) is 0.137. The summed E-state index contributed by atoms with van der Waals surface area (Å²) in [4.78, 5) is 24.3. The average molecular weight is 487 g/mol. The summed E-state index contributed by atoms with van der Waals surface area (Å²) in [5, 5.41) is 0. The second-order valence-corrected chi connectivity index (χ2v) is 9.02. The van der Waals surface area contributed by atoms with E-state index in [-0.39, 0.29) is 28.9 Å². The molecule has 1 atom stereocenters. The summed E-state index contributed by atoms with van der Waals surface area (Å²) in [6.45, 7) is 6.67. The van der Waals surface area contributed by atoms with Crippen LogP contribution in [0.5, 0.6) is 17.2 Å². The molecular weight excluding hydrogens is 447 g/mol. The third-order valence-corrected chi connectivity index (χ3v) is 5.90. The molecule has 0 aromatic heterocycles. The van der Waals surface area contributed by atoms with Crippen LogP contribution in [0.3, 0.4) is 0 Å². The fourth-order valence-electron chi connectivity index (χ4n) is 3.51. The van der Waals surface area contributed by atoms with Crippen LogP contribution in [0.4, 0.5) is 4.39 Å². The number of carbonyl (C=O) groups is 2. The van der Waals surface area contributed by atoms with Gasteiger partial charge in [0, 0.05) is 6.42 Å². The third-order valence-electron chi connectivity index (χ3n) is 5.90. The van der Waals surface area contributed by atoms with Crippen molar-refractivity contribution in [2.75, 3.05) is 6.61 Å². The number of esters is 2. The lowest BCUT2D eigenvalue weighted by Crippen LogP contribution is -2.12. The van der Waals surface area contributed by atoms with Gasteiger partial charge in [-0.3, -0.25) is 4.79 Å². The topological polar surface area (TPSA) is 61.8 Å². The standard InChI is InChI=1S/C29H39FO5/c1-4-6-7-8-9-10-11-12-19-33-27-18-13-23(21-26(27)30)29(32)35-25-16-14-24(15-17-25)34-28(31)20-22(3)5-2/h13-18,21-22H,4-12,19-20H2,1-3H3/t22-/m0/s1. The Labute approximate surface area is 209 Å². The Balaban J connectivity index is 1.76. The Kier molecular flexibility index (Phi) is 12.9. The zero-order valence-electron chi connectivity index (χ0n) is 21.3. The van der Waals surface area contributed by atoms with Crippen LogP contribution in [-0.4, -0.2) is 18.5 Å². The zero-order valence-corrected chi connectivity index (χ0v) is 21.3. The molecule has 2 rings (SSSR count). The van der Waals surface area contributed by atoms with E-state index in [0.29, 0.717) is 18.8 Å². The Morgan fingerprint density at radius 2 is 1.43 bits per heavy atom. The second kappa shape index (κ2) is 15.9. The van der Waals surface area contributed by atoms with E-state index in [4.69, 9.17) is 14.2 Å². The van der Waals surface area contributed by atoms with Gasteiger partial charge in [-0.15, -0.1) is 0 Å². The summed E-state index contributed by atoms with van der Waals surface area (Å²) >= 11 is 0. The molecule has 0 saturated carbocycles. The van der Waals surface area contributed by atoms with E-state index in [0.717, 1.165) is 25.3 Å². The van der Waals surface area contributed by atoms with Crippen molar-refractivity contribution in [3.8, 4) is 17.2 Å². The molecule has 0 amide bonds. The highest BCUT2D eigenvalue weighted by Gasteiger charge is 2.14. The molecule has 0 aliphatic heterocycles. The Hall–Kier alpha value is -2.89. The first-order chi connectivity index (χ1) is 16.9. The van der Waals surface area contributed by atoms with Crippen LogP contribution in [0.15, 0.2) is 42.5 Å². The molecule has 2 aromatic carbocycles. The molecule has 5 nitrogen and oxygen atoms in total. The van der Waals surface area contributed by atoms with E-state index in [1.807, 2.05) is 13.8 Å². The molecule has 0 bridgehead atoms. The predicted octanol–water partition coefficient (Wildman–Crippen LogP) is 7.91. The van der Waals surface area contributed by atoms with Crippen LogP contribution in [0, 0.1) is 11.7 Å². The van der Waals surface area contributed by atoms with Gasteiger partial charge in [-0.1, -0.05) is 72.1 Å². The number of carbonyl (C=O) groups excluding carboxylic acids is 2. The number of unbranched alkanes of at least 4 members (excludes halogenated alkanes) is 7. The summed E-state index contributed by atoms with van der Waals surface area (Å²) in [7, 11) is 0. The molecule has 0 N–H and O–H groups in total. The Morgan fingerprint density at radius 3 is 2.03 bits per heavy atom. The van der Waals surface area contributed by atoms with Crippen molar-refractivity contribution < 1.29 is 28.2 Å². The van der Waals surface area contributed by atoms with E-state index >= 15 is 0 Å². The highest BCUT2D eigenvalue weighted by molar-refractivity contribution is 5.91. The Morgan fingerprint density at radius 1 is 0.829 bits per heavy atom. The van der Waals surface area contributed by atoms with Gasteiger partial charge in [-0.25, -0.2) is 9.18 Å². The van der Waals surface area contributed by atoms with Crippen LogP contribution in [0.2, 0.25) is 0 Å². The summed E-state index contributed by atoms with van der Waals surface area (Å²) in [6.07, 6.45) is 10.7. The average Bonchev–Trinajstić information content (AvgIpc) is 2.84. The zero-order chi connectivity index (χ0) is 25.5. The molecule has 6 heteroatoms. The number of benzene rings is 2. The molecule has 0 heterocycles. The van der Waals surface area contributed by atoms with Gasteiger partial charge < -0.3 is 14.2 Å². The van der Waals surface area contributed by atoms with Crippen LogP contribution in [0.25, 0.3) is 0 Å². The normalized spacial score (nSPS) is 11.7. The number of rotatable bonds is 16. The van der Waals surface area contributed by atoms with E-state index in [9.17, 15) is 14.0 Å². The van der Waals surface area contributed by atoms with Crippen molar-refractivity contribution in [3.63, 3.8) is 0 Å². The lowest BCUT2D eigenvalue weighted by molar-refractivity contribution is -0.135. The number of halogens is 1. The van der Waals surface area contributed by atoms with Gasteiger partial charge >= 0.3 is 11.9 Å². The monoisotopic (exact) mass is 486 g/mol. The molecular formula is C29H39FO5. The second-order valence-electron chi connectivity index (χ2n) is 9.02. The summed E-state index contributed by atoms with van der Waals surface area (Å²) < 4.78 is 30.6. The van der Waals surface area contributed by atoms with Crippen molar-refractivity contribution in [1.29, 1.82) is 0 Å². The molecule has 0 unspecified atom stereocenters. The van der Waals surface area contributed by atoms with E-state index < -0.39 is 11.8 Å². The van der Waals surface area contributed by atoms with Crippen molar-refractivity contribution >= 4 is 11.9 Å². The highest BCUT2D eigenvalue weighted by Crippen LogP contribution is 2.22. The third kappa shape index (κ3) is 10.9. The largest absolute Gasteiger partial charge is 0.491 e. The maximum absolute atomic E-state index is 14.4. The van der Waals surface area contributed by atoms with Crippen LogP contribution in [-0.2, 0) is 4.79 Å². The fraction of sp³-hybridized carbons (Fsp3) is 0.517. The molecule has 35 heavy (non-hydrogen) atoms. The lowest BCUT2D eigenvalue weighted by Gasteiger charge is -2.10. The first kappa shape index (κ1) is 28.3. The Bertz CT molecular complexity index is 910. The summed E-state index contributed by atoms with van der Waals surface area (Å²) in [6, 6.07) is 10.2. The van der Waals surface area contributed by atoms with Gasteiger partial charge in [0.2, 0.25) is 0 Å². The first-order valence-corrected chi connectivity index (χ1v) is 12.9. The van der Waals surface area contributed by atoms with E-state index in [2.05, 4.69) is 6.92 Å². The smallest absolute Gasteiger partial charge is 0.343 e. The number of hydrogen-bond donors (Lipinski definition) is 0. The molecule has 2 aromatic rings. The fourth-order valence-corrected chi connectivity index (χ4v) is 3.51. The summed E-state index contributed by atoms with van der Waals surface area (Å²) in [5.41, 5.74) is 0.0889. The van der Waals surface area contributed by atoms with Crippen molar-refractivity contribution in [1.82, 2.24) is 0 Å². The minimum absolute atomic E-state index is 0.0889. The van der Waals surface area contributed by atoms with Gasteiger partial charge in [-0.2, -0.15) is 0 Å². The van der Waals surface area contributed by atoms with Gasteiger partial charge in [0.25, 0.3) is 0 Å². The van der Waals surface area contributed by atoms with Crippen LogP contribution >= 0.6 is 0 Å². The van der Waals surface area contributed by atoms with Gasteiger partial charge in [0.05, 0.1) is 12.2 Å². The molecule has 0 saturated heterocycles. The number of hydrogen-bond acceptors (Lipinski definition) is 5. The minimum Gasteiger partial charge on any atom is -0.491 e. The van der Waals surface area contributed by atoms with Crippen molar-refractivity contribution in [2.45, 2.75) is 85.0 Å². The molecule has 0 aliphatic rings. The molecule has 0 spiro atoms. The highest BCUT2D eigenvalue weighted by atomic mass is 19.1. The molecule has 0 fully saturated rings. The van der Waals surface area contributed by atoms with Gasteiger partial charge in [-0.05, 0) is 54.8 Å². The maximum atomic E-state index is 14.4. The van der Waals surface area contributed by atoms with Gasteiger partial charge in [0.15, 0.2) is 11.6 Å². The maximum Gasteiger partial charge on any atom is 0.343 e. The number of ether oxygens (including phenoxy) is 3. The first-order valence-electron chi connectivity index (χ1n) is 12.9. The van der Waals surface area contributed by atoms with E-state index in [1.54, 1.807) is 12.1 Å². The summed E-state index contributed by atoms with van der Waals surface area (Å²) in [5.74, 6) is -0.542. The molecule has 192 valence electrons. The van der Waals surface area contributed by atoms with Gasteiger partial charge in [0.1, 0.15) is 11.5 Å². The van der Waals surface area contributed by atoms with E-state index in [1.165, 1.54) is 62.8 Å².